The summed E-state index contributed by atoms with van der Waals surface area (Å²) >= 11 is 0. The fraction of sp³-hybridized carbons (Fsp3) is 0.364. The Hall–Kier alpha value is -3.26. The molecular weight excluding hydrogens is 382 g/mol. The standard InChI is InChI=1S/C22H23N5O3/c28-19-4-3-18(21(29)26-19)27-12-15-2-1-13(9-16(15)22(27)30)10-25-20-17-11-23-7-5-14(17)6-8-24-20/h1-2,6,8-9,18,23H,3-5,7,10-12H2,(H,24,25)(H,26,28,29). The predicted octanol–water partition coefficient (Wildman–Crippen LogP) is 1.10. The van der Waals surface area contributed by atoms with E-state index in [1.165, 1.54) is 11.1 Å². The number of hydrogen-bond acceptors (Lipinski definition) is 6. The van der Waals surface area contributed by atoms with Crippen LogP contribution in [0.3, 0.4) is 0 Å². The van der Waals surface area contributed by atoms with Crippen LogP contribution in [0.1, 0.15) is 45.5 Å². The lowest BCUT2D eigenvalue weighted by molar-refractivity contribution is -0.136. The maximum atomic E-state index is 13.0. The van der Waals surface area contributed by atoms with Gasteiger partial charge in [0.15, 0.2) is 0 Å². The summed E-state index contributed by atoms with van der Waals surface area (Å²) in [5, 5.41) is 9.12. The summed E-state index contributed by atoms with van der Waals surface area (Å²) in [6.45, 7) is 2.73. The molecule has 1 aromatic heterocycles. The smallest absolute Gasteiger partial charge is 0.255 e. The number of anilines is 1. The Kier molecular flexibility index (Phi) is 4.71. The number of fused-ring (bicyclic) bond motifs is 2. The van der Waals surface area contributed by atoms with Crippen LogP contribution in [0.15, 0.2) is 30.5 Å². The van der Waals surface area contributed by atoms with Gasteiger partial charge in [-0.3, -0.25) is 19.7 Å². The maximum absolute atomic E-state index is 13.0. The first-order valence-corrected chi connectivity index (χ1v) is 10.3. The number of benzene rings is 1. The Morgan fingerprint density at radius 1 is 1.13 bits per heavy atom. The van der Waals surface area contributed by atoms with Crippen molar-refractivity contribution in [1.29, 1.82) is 0 Å². The van der Waals surface area contributed by atoms with Gasteiger partial charge >= 0.3 is 0 Å². The first-order valence-electron chi connectivity index (χ1n) is 10.3. The lowest BCUT2D eigenvalue weighted by Crippen LogP contribution is -2.52. The van der Waals surface area contributed by atoms with Crippen molar-refractivity contribution in [2.45, 2.75) is 44.9 Å². The molecule has 0 aliphatic carbocycles. The zero-order chi connectivity index (χ0) is 20.7. The molecule has 1 unspecified atom stereocenters. The number of carbonyl (C=O) groups is 3. The van der Waals surface area contributed by atoms with Gasteiger partial charge < -0.3 is 15.5 Å². The van der Waals surface area contributed by atoms with E-state index in [1.807, 2.05) is 24.4 Å². The van der Waals surface area contributed by atoms with Crippen molar-refractivity contribution in [2.75, 3.05) is 11.9 Å². The highest BCUT2D eigenvalue weighted by molar-refractivity contribution is 6.05. The van der Waals surface area contributed by atoms with Gasteiger partial charge in [-0.2, -0.15) is 0 Å². The monoisotopic (exact) mass is 405 g/mol. The third kappa shape index (κ3) is 3.33. The molecule has 0 saturated carbocycles. The van der Waals surface area contributed by atoms with Crippen LogP contribution in [0.4, 0.5) is 5.82 Å². The van der Waals surface area contributed by atoms with Gasteiger partial charge in [0.25, 0.3) is 5.91 Å². The number of aromatic nitrogens is 1. The molecule has 154 valence electrons. The van der Waals surface area contributed by atoms with E-state index < -0.39 is 6.04 Å². The number of pyridine rings is 1. The second-order valence-electron chi connectivity index (χ2n) is 7.97. The zero-order valence-electron chi connectivity index (χ0n) is 16.5. The van der Waals surface area contributed by atoms with Gasteiger partial charge in [-0.1, -0.05) is 12.1 Å². The molecule has 3 N–H and O–H groups in total. The van der Waals surface area contributed by atoms with Crippen LogP contribution in [0.5, 0.6) is 0 Å². The van der Waals surface area contributed by atoms with Crippen LogP contribution in [0.2, 0.25) is 0 Å². The second kappa shape index (κ2) is 7.53. The average molecular weight is 405 g/mol. The molecule has 3 amide bonds. The molecule has 0 bridgehead atoms. The van der Waals surface area contributed by atoms with E-state index in [0.29, 0.717) is 25.1 Å². The molecular formula is C22H23N5O3. The van der Waals surface area contributed by atoms with Crippen molar-refractivity contribution in [3.8, 4) is 0 Å². The van der Waals surface area contributed by atoms with Crippen LogP contribution in [-0.2, 0) is 35.6 Å². The van der Waals surface area contributed by atoms with Crippen LogP contribution < -0.4 is 16.0 Å². The van der Waals surface area contributed by atoms with E-state index in [2.05, 4.69) is 27.0 Å². The number of piperidine rings is 1. The van der Waals surface area contributed by atoms with E-state index in [9.17, 15) is 14.4 Å². The van der Waals surface area contributed by atoms with Gasteiger partial charge in [0, 0.05) is 43.4 Å². The minimum Gasteiger partial charge on any atom is -0.366 e. The summed E-state index contributed by atoms with van der Waals surface area (Å²) in [4.78, 5) is 42.6. The largest absolute Gasteiger partial charge is 0.366 e. The quantitative estimate of drug-likeness (QED) is 0.659. The number of imide groups is 1. The molecule has 4 heterocycles. The zero-order valence-corrected chi connectivity index (χ0v) is 16.5. The van der Waals surface area contributed by atoms with Gasteiger partial charge in [-0.15, -0.1) is 0 Å². The van der Waals surface area contributed by atoms with Crippen LogP contribution in [0, 0.1) is 0 Å². The first kappa shape index (κ1) is 18.7. The summed E-state index contributed by atoms with van der Waals surface area (Å²) in [5.74, 6) is 0.0565. The third-order valence-electron chi connectivity index (χ3n) is 6.08. The van der Waals surface area contributed by atoms with Gasteiger partial charge in [0.1, 0.15) is 11.9 Å². The first-order chi connectivity index (χ1) is 14.6. The molecule has 1 atom stereocenters. The molecule has 8 heteroatoms. The number of hydrogen-bond donors (Lipinski definition) is 3. The molecule has 0 spiro atoms. The topological polar surface area (TPSA) is 103 Å². The highest BCUT2D eigenvalue weighted by atomic mass is 16.2. The number of nitrogens with one attached hydrogen (secondary N) is 3. The summed E-state index contributed by atoms with van der Waals surface area (Å²) in [7, 11) is 0. The van der Waals surface area contributed by atoms with E-state index in [0.717, 1.165) is 36.5 Å². The summed E-state index contributed by atoms with van der Waals surface area (Å²) in [6, 6.07) is 7.33. The second-order valence-corrected chi connectivity index (χ2v) is 7.97. The average Bonchev–Trinajstić information content (AvgIpc) is 3.08. The van der Waals surface area contributed by atoms with Crippen molar-refractivity contribution in [3.05, 3.63) is 58.3 Å². The third-order valence-corrected chi connectivity index (χ3v) is 6.08. The van der Waals surface area contributed by atoms with Crippen molar-refractivity contribution in [3.63, 3.8) is 0 Å². The maximum Gasteiger partial charge on any atom is 0.255 e. The predicted molar refractivity (Wildman–Crippen MR) is 109 cm³/mol. The van der Waals surface area contributed by atoms with Crippen molar-refractivity contribution >= 4 is 23.5 Å². The number of nitrogens with zero attached hydrogens (tertiary/aromatic N) is 2. The molecule has 2 aromatic rings. The van der Waals surface area contributed by atoms with Crippen molar-refractivity contribution in [2.24, 2.45) is 0 Å². The molecule has 1 fully saturated rings. The minimum atomic E-state index is -0.586. The summed E-state index contributed by atoms with van der Waals surface area (Å²) in [5.41, 5.74) is 5.03. The molecule has 1 saturated heterocycles. The van der Waals surface area contributed by atoms with Gasteiger partial charge in [0.2, 0.25) is 11.8 Å². The van der Waals surface area contributed by atoms with Crippen LogP contribution in [-0.4, -0.2) is 40.2 Å². The Bertz CT molecular complexity index is 1050. The van der Waals surface area contributed by atoms with Gasteiger partial charge in [0.05, 0.1) is 0 Å². The van der Waals surface area contributed by atoms with E-state index >= 15 is 0 Å². The Morgan fingerprint density at radius 2 is 2.03 bits per heavy atom. The van der Waals surface area contributed by atoms with E-state index in [1.54, 1.807) is 4.90 Å². The highest BCUT2D eigenvalue weighted by Gasteiger charge is 2.39. The number of amides is 3. The van der Waals surface area contributed by atoms with Crippen molar-refractivity contribution < 1.29 is 14.4 Å². The minimum absolute atomic E-state index is 0.152. The SMILES string of the molecule is O=C1CCC(N2Cc3ccc(CNc4nccc5c4CNCC5)cc3C2=O)C(=O)N1. The molecule has 0 radical (unpaired) electrons. The van der Waals surface area contributed by atoms with Crippen molar-refractivity contribution in [1.82, 2.24) is 20.5 Å². The van der Waals surface area contributed by atoms with Gasteiger partial charge in [-0.05, 0) is 48.2 Å². The molecule has 1 aromatic carbocycles. The van der Waals surface area contributed by atoms with E-state index in [4.69, 9.17) is 0 Å². The normalized spacial score (nSPS) is 20.6. The number of rotatable bonds is 4. The molecule has 30 heavy (non-hydrogen) atoms. The van der Waals surface area contributed by atoms with Crippen LogP contribution >= 0.6 is 0 Å². The molecule has 3 aliphatic heterocycles. The fourth-order valence-corrected chi connectivity index (χ4v) is 4.45. The molecule has 8 nitrogen and oxygen atoms in total. The highest BCUT2D eigenvalue weighted by Crippen LogP contribution is 2.28. The van der Waals surface area contributed by atoms with Gasteiger partial charge in [-0.25, -0.2) is 4.98 Å². The summed E-state index contributed by atoms with van der Waals surface area (Å²) < 4.78 is 0. The van der Waals surface area contributed by atoms with E-state index in [-0.39, 0.29) is 24.1 Å². The Labute approximate surface area is 174 Å². The summed E-state index contributed by atoms with van der Waals surface area (Å²) in [6.07, 6.45) is 3.46. The lowest BCUT2D eigenvalue weighted by atomic mass is 10.0. The molecule has 5 rings (SSSR count). The fourth-order valence-electron chi connectivity index (χ4n) is 4.45. The van der Waals surface area contributed by atoms with Crippen LogP contribution in [0.25, 0.3) is 0 Å². The Morgan fingerprint density at radius 3 is 2.90 bits per heavy atom. The number of carbonyl (C=O) groups excluding carboxylic acids is 3. The lowest BCUT2D eigenvalue weighted by Gasteiger charge is -2.29. The molecule has 3 aliphatic rings. The Balaban J connectivity index is 1.31.